The molecular formula is C14H17ClN2. The average molecular weight is 249 g/mol. The molecule has 1 aromatic rings. The first-order chi connectivity index (χ1) is 8.13. The molecule has 0 bridgehead atoms. The summed E-state index contributed by atoms with van der Waals surface area (Å²) in [5, 5.41) is 13.1. The zero-order valence-corrected chi connectivity index (χ0v) is 10.8. The topological polar surface area (TPSA) is 35.8 Å². The summed E-state index contributed by atoms with van der Waals surface area (Å²) in [6.07, 6.45) is 5.17. The average Bonchev–Trinajstić information content (AvgIpc) is 2.74. The molecule has 3 heteroatoms. The number of benzene rings is 1. The molecule has 0 spiro atoms. The number of rotatable bonds is 3. The van der Waals surface area contributed by atoms with Crippen LogP contribution in [0.2, 0.25) is 5.02 Å². The highest BCUT2D eigenvalue weighted by molar-refractivity contribution is 6.30. The Morgan fingerprint density at radius 2 is 2.12 bits per heavy atom. The van der Waals surface area contributed by atoms with Gasteiger partial charge in [-0.2, -0.15) is 5.26 Å². The van der Waals surface area contributed by atoms with Crippen molar-refractivity contribution in [3.8, 4) is 6.07 Å². The van der Waals surface area contributed by atoms with Gasteiger partial charge < -0.3 is 5.32 Å². The Hall–Kier alpha value is -1.20. The van der Waals surface area contributed by atoms with Gasteiger partial charge in [-0.3, -0.25) is 0 Å². The molecule has 1 aliphatic rings. The zero-order chi connectivity index (χ0) is 12.3. The van der Waals surface area contributed by atoms with Crippen LogP contribution in [0, 0.1) is 16.7 Å². The summed E-state index contributed by atoms with van der Waals surface area (Å²) in [5.41, 5.74) is 1.89. The number of halogens is 1. The molecule has 90 valence electrons. The van der Waals surface area contributed by atoms with Crippen LogP contribution < -0.4 is 5.32 Å². The van der Waals surface area contributed by atoms with E-state index in [1.807, 2.05) is 6.07 Å². The van der Waals surface area contributed by atoms with Gasteiger partial charge in [0.15, 0.2) is 0 Å². The van der Waals surface area contributed by atoms with Gasteiger partial charge in [-0.05, 0) is 36.5 Å². The molecule has 1 aliphatic carbocycles. The second-order valence-corrected chi connectivity index (χ2v) is 5.61. The Kier molecular flexibility index (Phi) is 3.59. The van der Waals surface area contributed by atoms with E-state index in [4.69, 9.17) is 16.9 Å². The molecule has 0 amide bonds. The molecule has 1 N–H and O–H groups in total. The van der Waals surface area contributed by atoms with Gasteiger partial charge in [0.1, 0.15) is 6.07 Å². The summed E-state index contributed by atoms with van der Waals surface area (Å²) in [6.45, 7) is 3.23. The van der Waals surface area contributed by atoms with Gasteiger partial charge in [0.05, 0.1) is 11.3 Å². The summed E-state index contributed by atoms with van der Waals surface area (Å²) in [4.78, 5) is 0. The summed E-state index contributed by atoms with van der Waals surface area (Å²) in [7, 11) is 0. The van der Waals surface area contributed by atoms with Crippen molar-refractivity contribution >= 4 is 17.3 Å². The van der Waals surface area contributed by atoms with Crippen LogP contribution in [0.15, 0.2) is 18.2 Å². The third kappa shape index (κ3) is 2.92. The molecule has 0 radical (unpaired) electrons. The molecule has 2 nitrogen and oxygen atoms in total. The third-order valence-corrected chi connectivity index (χ3v) is 3.85. The fourth-order valence-electron chi connectivity index (χ4n) is 2.47. The molecule has 0 heterocycles. The normalized spacial score (nSPS) is 17.7. The molecule has 0 atom stereocenters. The molecule has 2 rings (SSSR count). The summed E-state index contributed by atoms with van der Waals surface area (Å²) in [5.74, 6) is 0. The van der Waals surface area contributed by atoms with Crippen molar-refractivity contribution in [1.29, 1.82) is 5.26 Å². The molecule has 1 fully saturated rings. The van der Waals surface area contributed by atoms with Crippen LogP contribution in [0.3, 0.4) is 0 Å². The first kappa shape index (κ1) is 12.3. The summed E-state index contributed by atoms with van der Waals surface area (Å²) < 4.78 is 0. The number of nitrogens with one attached hydrogen (secondary N) is 1. The van der Waals surface area contributed by atoms with Gasteiger partial charge in [-0.15, -0.1) is 0 Å². The van der Waals surface area contributed by atoms with E-state index in [1.165, 1.54) is 25.7 Å². The Morgan fingerprint density at radius 3 is 2.76 bits per heavy atom. The Labute approximate surface area is 108 Å². The maximum absolute atomic E-state index is 9.03. The largest absolute Gasteiger partial charge is 0.383 e. The smallest absolute Gasteiger partial charge is 0.101 e. The van der Waals surface area contributed by atoms with Gasteiger partial charge in [0.25, 0.3) is 0 Å². The number of anilines is 1. The lowest BCUT2D eigenvalue weighted by Gasteiger charge is -2.24. The monoisotopic (exact) mass is 248 g/mol. The third-order valence-electron chi connectivity index (χ3n) is 3.62. The fraction of sp³-hybridized carbons (Fsp3) is 0.500. The SMILES string of the molecule is CC1(CNc2cc(Cl)ccc2C#N)CCCC1. The van der Waals surface area contributed by atoms with Crippen molar-refractivity contribution in [2.24, 2.45) is 5.41 Å². The number of nitrogens with zero attached hydrogens (tertiary/aromatic N) is 1. The molecule has 1 saturated carbocycles. The molecule has 0 unspecified atom stereocenters. The van der Waals surface area contributed by atoms with E-state index in [-0.39, 0.29) is 0 Å². The number of hydrogen-bond acceptors (Lipinski definition) is 2. The van der Waals surface area contributed by atoms with Gasteiger partial charge in [0.2, 0.25) is 0 Å². The van der Waals surface area contributed by atoms with Gasteiger partial charge in [-0.1, -0.05) is 31.4 Å². The lowest BCUT2D eigenvalue weighted by atomic mass is 9.89. The van der Waals surface area contributed by atoms with Crippen LogP contribution in [0.4, 0.5) is 5.69 Å². The standard InChI is InChI=1S/C14H17ClN2/c1-14(6-2-3-7-14)10-17-13-8-12(15)5-4-11(13)9-16/h4-5,8,17H,2-3,6-7,10H2,1H3. The second kappa shape index (κ2) is 4.98. The van der Waals surface area contributed by atoms with E-state index in [2.05, 4.69) is 18.3 Å². The van der Waals surface area contributed by atoms with Crippen LogP contribution in [0.5, 0.6) is 0 Å². The second-order valence-electron chi connectivity index (χ2n) is 5.17. The molecule has 0 aliphatic heterocycles. The lowest BCUT2D eigenvalue weighted by Crippen LogP contribution is -2.23. The van der Waals surface area contributed by atoms with Gasteiger partial charge in [0, 0.05) is 11.6 Å². The van der Waals surface area contributed by atoms with Crippen molar-refractivity contribution in [3.05, 3.63) is 28.8 Å². The molecular weight excluding hydrogens is 232 g/mol. The van der Waals surface area contributed by atoms with Gasteiger partial charge in [-0.25, -0.2) is 0 Å². The van der Waals surface area contributed by atoms with Crippen LogP contribution in [0.25, 0.3) is 0 Å². The van der Waals surface area contributed by atoms with Crippen molar-refractivity contribution in [2.45, 2.75) is 32.6 Å². The molecule has 1 aromatic carbocycles. The minimum absolute atomic E-state index is 0.370. The Morgan fingerprint density at radius 1 is 1.41 bits per heavy atom. The molecule has 0 aromatic heterocycles. The van der Waals surface area contributed by atoms with Crippen LogP contribution in [-0.4, -0.2) is 6.54 Å². The maximum Gasteiger partial charge on any atom is 0.101 e. The summed E-state index contributed by atoms with van der Waals surface area (Å²) in [6, 6.07) is 7.54. The number of hydrogen-bond donors (Lipinski definition) is 1. The zero-order valence-electron chi connectivity index (χ0n) is 10.1. The lowest BCUT2D eigenvalue weighted by molar-refractivity contribution is 0.362. The number of nitriles is 1. The molecule has 0 saturated heterocycles. The van der Waals surface area contributed by atoms with E-state index in [0.717, 1.165) is 12.2 Å². The van der Waals surface area contributed by atoms with Gasteiger partial charge >= 0.3 is 0 Å². The highest BCUT2D eigenvalue weighted by Crippen LogP contribution is 2.37. The fourth-order valence-corrected chi connectivity index (χ4v) is 2.65. The Balaban J connectivity index is 2.08. The van der Waals surface area contributed by atoms with Crippen molar-refractivity contribution in [1.82, 2.24) is 0 Å². The predicted molar refractivity (Wildman–Crippen MR) is 71.2 cm³/mol. The maximum atomic E-state index is 9.03. The van der Waals surface area contributed by atoms with E-state index >= 15 is 0 Å². The molecule has 17 heavy (non-hydrogen) atoms. The van der Waals surface area contributed by atoms with Crippen LogP contribution >= 0.6 is 11.6 Å². The van der Waals surface area contributed by atoms with Crippen LogP contribution in [0.1, 0.15) is 38.2 Å². The predicted octanol–water partition coefficient (Wildman–Crippen LogP) is 4.20. The van der Waals surface area contributed by atoms with Crippen molar-refractivity contribution < 1.29 is 0 Å². The first-order valence-corrected chi connectivity index (χ1v) is 6.44. The van der Waals surface area contributed by atoms with Crippen LogP contribution in [-0.2, 0) is 0 Å². The van der Waals surface area contributed by atoms with Crippen molar-refractivity contribution in [3.63, 3.8) is 0 Å². The minimum Gasteiger partial charge on any atom is -0.383 e. The van der Waals surface area contributed by atoms with Crippen molar-refractivity contribution in [2.75, 3.05) is 11.9 Å². The Bertz CT molecular complexity index is 442. The van der Waals surface area contributed by atoms with E-state index in [9.17, 15) is 0 Å². The van der Waals surface area contributed by atoms with E-state index < -0.39 is 0 Å². The quantitative estimate of drug-likeness (QED) is 0.870. The minimum atomic E-state index is 0.370. The van der Waals surface area contributed by atoms with E-state index in [1.54, 1.807) is 12.1 Å². The first-order valence-electron chi connectivity index (χ1n) is 6.06. The van der Waals surface area contributed by atoms with E-state index in [0.29, 0.717) is 16.0 Å². The highest BCUT2D eigenvalue weighted by Gasteiger charge is 2.28. The highest BCUT2D eigenvalue weighted by atomic mass is 35.5. The summed E-state index contributed by atoms with van der Waals surface area (Å²) >= 11 is 5.95.